The Morgan fingerprint density at radius 2 is 2.10 bits per heavy atom. The molecule has 1 aliphatic heterocycles. The van der Waals surface area contributed by atoms with Crippen molar-refractivity contribution in [3.63, 3.8) is 0 Å². The van der Waals surface area contributed by atoms with E-state index in [2.05, 4.69) is 34.1 Å². The van der Waals surface area contributed by atoms with Gasteiger partial charge in [0.05, 0.1) is 26.0 Å². The number of nitriles is 1. The Hall–Kier alpha value is -0.570. The molecule has 0 saturated heterocycles. The lowest BCUT2D eigenvalue weighted by Gasteiger charge is -2.37. The summed E-state index contributed by atoms with van der Waals surface area (Å²) in [6, 6.07) is 10.5. The molecule has 0 aromatic heterocycles. The van der Waals surface area contributed by atoms with Gasteiger partial charge < -0.3 is 5.73 Å². The molecule has 2 aliphatic rings. The normalized spacial score (nSPS) is 24.9. The van der Waals surface area contributed by atoms with Gasteiger partial charge in [0.15, 0.2) is 0 Å². The van der Waals surface area contributed by atoms with Crippen molar-refractivity contribution in [3.8, 4) is 6.07 Å². The zero-order valence-corrected chi connectivity index (χ0v) is 14.2. The Balaban J connectivity index is 2.03. The number of halogens is 1. The summed E-state index contributed by atoms with van der Waals surface area (Å²) in [6.07, 6.45) is 4.90. The van der Waals surface area contributed by atoms with Crippen LogP contribution < -0.4 is 5.73 Å². The summed E-state index contributed by atoms with van der Waals surface area (Å²) >= 11 is 7.16. The van der Waals surface area contributed by atoms with Crippen molar-refractivity contribution in [3.05, 3.63) is 44.9 Å². The molecule has 2 N–H and O–H groups in total. The van der Waals surface area contributed by atoms with Crippen molar-refractivity contribution in [1.82, 2.24) is 0 Å². The molecule has 3 rings (SSSR count). The minimum atomic E-state index is 0.0665. The fraction of sp³-hybridized carbons (Fsp3) is 0.400. The molecule has 0 amide bonds. The van der Waals surface area contributed by atoms with Crippen LogP contribution in [-0.2, 0) is 0 Å². The van der Waals surface area contributed by atoms with Crippen LogP contribution in [0.3, 0.4) is 0 Å². The SMILES string of the molecule is N#CC1=C(N)SC2(CCCC2)SC1c1cccc(Br)c1. The summed E-state index contributed by atoms with van der Waals surface area (Å²) in [5, 5.41) is 10.3. The summed E-state index contributed by atoms with van der Waals surface area (Å²) in [5.74, 6) is 0. The fourth-order valence-electron chi connectivity index (χ4n) is 2.83. The largest absolute Gasteiger partial charge is 0.393 e. The number of hydrogen-bond donors (Lipinski definition) is 1. The highest BCUT2D eigenvalue weighted by Gasteiger charge is 2.44. The van der Waals surface area contributed by atoms with Gasteiger partial charge in [0.1, 0.15) is 0 Å². The monoisotopic (exact) mass is 366 g/mol. The van der Waals surface area contributed by atoms with Gasteiger partial charge in [-0.05, 0) is 30.5 Å². The number of nitrogens with two attached hydrogens (primary N) is 1. The van der Waals surface area contributed by atoms with Crippen molar-refractivity contribution in [2.45, 2.75) is 35.0 Å². The van der Waals surface area contributed by atoms with Gasteiger partial charge in [-0.15, -0.1) is 11.8 Å². The Labute approximate surface area is 136 Å². The molecule has 104 valence electrons. The predicted octanol–water partition coefficient (Wildman–Crippen LogP) is 4.93. The Kier molecular flexibility index (Phi) is 4.07. The smallest absolute Gasteiger partial charge is 0.0990 e. The van der Waals surface area contributed by atoms with E-state index in [0.717, 1.165) is 20.6 Å². The average molecular weight is 367 g/mol. The molecule has 1 fully saturated rings. The molecule has 1 atom stereocenters. The highest BCUT2D eigenvalue weighted by Crippen LogP contribution is 2.61. The van der Waals surface area contributed by atoms with E-state index in [4.69, 9.17) is 5.73 Å². The van der Waals surface area contributed by atoms with Crippen LogP contribution in [0.4, 0.5) is 0 Å². The molecule has 1 aromatic carbocycles. The molecule has 1 spiro atoms. The first-order valence-electron chi connectivity index (χ1n) is 6.66. The zero-order chi connectivity index (χ0) is 14.2. The third-order valence-electron chi connectivity index (χ3n) is 3.79. The summed E-state index contributed by atoms with van der Waals surface area (Å²) < 4.78 is 1.22. The van der Waals surface area contributed by atoms with Gasteiger partial charge >= 0.3 is 0 Å². The van der Waals surface area contributed by atoms with Crippen LogP contribution >= 0.6 is 39.5 Å². The van der Waals surface area contributed by atoms with Crippen molar-refractivity contribution in [2.24, 2.45) is 5.73 Å². The van der Waals surface area contributed by atoms with Gasteiger partial charge in [0.2, 0.25) is 0 Å². The number of thioether (sulfide) groups is 2. The Morgan fingerprint density at radius 3 is 2.75 bits per heavy atom. The maximum absolute atomic E-state index is 9.47. The van der Waals surface area contributed by atoms with Crippen molar-refractivity contribution in [2.75, 3.05) is 0 Å². The predicted molar refractivity (Wildman–Crippen MR) is 90.1 cm³/mol. The standard InChI is InChI=1S/C15H15BrN2S2/c16-11-5-3-4-10(8-11)13-12(9-17)14(18)20-15(19-13)6-1-2-7-15/h3-5,8,13H,1-2,6-7,18H2. The molecule has 1 aromatic rings. The van der Waals surface area contributed by atoms with Crippen LogP contribution in [0.5, 0.6) is 0 Å². The summed E-state index contributed by atoms with van der Waals surface area (Å²) in [5.41, 5.74) is 8.09. The van der Waals surface area contributed by atoms with Gasteiger partial charge in [-0.2, -0.15) is 5.26 Å². The summed E-state index contributed by atoms with van der Waals surface area (Å²) in [6.45, 7) is 0. The molecule has 1 heterocycles. The lowest BCUT2D eigenvalue weighted by Crippen LogP contribution is -2.25. The van der Waals surface area contributed by atoms with Crippen LogP contribution in [0.15, 0.2) is 39.3 Å². The van der Waals surface area contributed by atoms with Crippen LogP contribution in [-0.4, -0.2) is 4.08 Å². The van der Waals surface area contributed by atoms with Gasteiger partial charge in [-0.25, -0.2) is 0 Å². The van der Waals surface area contributed by atoms with Crippen molar-refractivity contribution in [1.29, 1.82) is 5.26 Å². The van der Waals surface area contributed by atoms with E-state index in [1.165, 1.54) is 25.7 Å². The van der Waals surface area contributed by atoms with Gasteiger partial charge in [-0.1, -0.05) is 52.7 Å². The maximum Gasteiger partial charge on any atom is 0.0990 e. The average Bonchev–Trinajstić information content (AvgIpc) is 2.86. The lowest BCUT2D eigenvalue weighted by molar-refractivity contribution is 0.832. The summed E-state index contributed by atoms with van der Waals surface area (Å²) in [7, 11) is 0. The van der Waals surface area contributed by atoms with E-state index in [1.807, 2.05) is 23.9 Å². The highest BCUT2D eigenvalue weighted by molar-refractivity contribution is 9.10. The van der Waals surface area contributed by atoms with Crippen molar-refractivity contribution < 1.29 is 0 Å². The second-order valence-corrected chi connectivity index (χ2v) is 9.25. The number of benzene rings is 1. The van der Waals surface area contributed by atoms with E-state index in [9.17, 15) is 5.26 Å². The molecule has 5 heteroatoms. The van der Waals surface area contributed by atoms with Gasteiger partial charge in [0.25, 0.3) is 0 Å². The Morgan fingerprint density at radius 1 is 1.35 bits per heavy atom. The first kappa shape index (κ1) is 14.4. The van der Waals surface area contributed by atoms with Crippen LogP contribution in [0.1, 0.15) is 36.5 Å². The molecule has 0 bridgehead atoms. The molecular weight excluding hydrogens is 352 g/mol. The third kappa shape index (κ3) is 2.61. The third-order valence-corrected chi connectivity index (χ3v) is 7.63. The van der Waals surface area contributed by atoms with E-state index in [-0.39, 0.29) is 9.33 Å². The van der Waals surface area contributed by atoms with Crippen LogP contribution in [0.2, 0.25) is 0 Å². The lowest BCUT2D eigenvalue weighted by atomic mass is 10.1. The van der Waals surface area contributed by atoms with Crippen molar-refractivity contribution >= 4 is 39.5 Å². The molecular formula is C15H15BrN2S2. The number of rotatable bonds is 1. The molecule has 0 radical (unpaired) electrons. The fourth-order valence-corrected chi connectivity index (χ4v) is 6.78. The van der Waals surface area contributed by atoms with E-state index in [1.54, 1.807) is 11.8 Å². The first-order valence-corrected chi connectivity index (χ1v) is 9.14. The topological polar surface area (TPSA) is 49.8 Å². The highest BCUT2D eigenvalue weighted by atomic mass is 79.9. The van der Waals surface area contributed by atoms with Gasteiger partial charge in [0, 0.05) is 4.47 Å². The molecule has 2 nitrogen and oxygen atoms in total. The number of hydrogen-bond acceptors (Lipinski definition) is 4. The minimum Gasteiger partial charge on any atom is -0.393 e. The molecule has 1 unspecified atom stereocenters. The van der Waals surface area contributed by atoms with Crippen LogP contribution in [0, 0.1) is 11.3 Å². The quantitative estimate of drug-likeness (QED) is 0.764. The van der Waals surface area contributed by atoms with E-state index >= 15 is 0 Å². The summed E-state index contributed by atoms with van der Waals surface area (Å²) in [4.78, 5) is 0. The molecule has 1 saturated carbocycles. The first-order chi connectivity index (χ1) is 9.63. The Bertz CT molecular complexity index is 600. The van der Waals surface area contributed by atoms with Crippen LogP contribution in [0.25, 0.3) is 0 Å². The number of nitrogens with zero attached hydrogens (tertiary/aromatic N) is 1. The minimum absolute atomic E-state index is 0.0665. The maximum atomic E-state index is 9.47. The second-order valence-electron chi connectivity index (χ2n) is 5.16. The second kappa shape index (κ2) is 5.67. The van der Waals surface area contributed by atoms with E-state index in [0.29, 0.717) is 0 Å². The zero-order valence-electron chi connectivity index (χ0n) is 10.9. The molecule has 1 aliphatic carbocycles. The molecule has 20 heavy (non-hydrogen) atoms. The van der Waals surface area contributed by atoms with Gasteiger partial charge in [-0.3, -0.25) is 0 Å². The van der Waals surface area contributed by atoms with E-state index < -0.39 is 0 Å².